The number of hydrogen-bond donors (Lipinski definition) is 0. The van der Waals surface area contributed by atoms with Crippen molar-refractivity contribution in [2.75, 3.05) is 0 Å². The Kier molecular flexibility index (Phi) is 2.18. The van der Waals surface area contributed by atoms with E-state index in [1.54, 1.807) is 6.42 Å². The Hall–Kier alpha value is 0. The predicted molar refractivity (Wildman–Crippen MR) is 52.9 cm³/mol. The SMILES string of the molecule is CC(C)C1CCC2C(C)CC2C1. The van der Waals surface area contributed by atoms with Crippen molar-refractivity contribution in [2.45, 2.75) is 46.5 Å². The molecular weight excluding hydrogens is 144 g/mol. The smallest absolute Gasteiger partial charge is 0.0360 e. The zero-order valence-corrected chi connectivity index (χ0v) is 8.72. The molecule has 0 nitrogen and oxygen atoms in total. The molecule has 0 aromatic rings. The van der Waals surface area contributed by atoms with E-state index >= 15 is 0 Å². The maximum absolute atomic E-state index is 2.44. The second-order valence-electron chi connectivity index (χ2n) is 5.45. The summed E-state index contributed by atoms with van der Waals surface area (Å²) in [4.78, 5) is 0. The second kappa shape index (κ2) is 3.05. The lowest BCUT2D eigenvalue weighted by Gasteiger charge is -2.49. The Morgan fingerprint density at radius 1 is 1.08 bits per heavy atom. The van der Waals surface area contributed by atoms with Crippen LogP contribution in [0.3, 0.4) is 0 Å². The molecule has 0 heteroatoms. The Bertz CT molecular complexity index is 159. The van der Waals surface area contributed by atoms with Crippen LogP contribution in [0, 0.1) is 29.6 Å². The first-order chi connectivity index (χ1) is 5.68. The van der Waals surface area contributed by atoms with Crippen molar-refractivity contribution in [1.29, 1.82) is 0 Å². The molecule has 12 heavy (non-hydrogen) atoms. The summed E-state index contributed by atoms with van der Waals surface area (Å²) in [5, 5.41) is 0. The van der Waals surface area contributed by atoms with Crippen LogP contribution in [-0.2, 0) is 0 Å². The summed E-state index contributed by atoms with van der Waals surface area (Å²) in [5.74, 6) is 5.30. The fourth-order valence-electron chi connectivity index (χ4n) is 3.41. The Morgan fingerprint density at radius 3 is 2.33 bits per heavy atom. The summed E-state index contributed by atoms with van der Waals surface area (Å²) in [6, 6.07) is 0. The topological polar surface area (TPSA) is 0 Å². The molecule has 2 aliphatic carbocycles. The third-order valence-electron chi connectivity index (χ3n) is 4.43. The highest BCUT2D eigenvalue weighted by Crippen LogP contribution is 2.51. The molecule has 2 rings (SSSR count). The van der Waals surface area contributed by atoms with E-state index in [1.165, 1.54) is 19.3 Å². The highest BCUT2D eigenvalue weighted by atomic mass is 14.5. The average molecular weight is 166 g/mol. The fourth-order valence-corrected chi connectivity index (χ4v) is 3.41. The zero-order valence-electron chi connectivity index (χ0n) is 8.72. The van der Waals surface area contributed by atoms with Crippen molar-refractivity contribution in [1.82, 2.24) is 0 Å². The molecule has 4 unspecified atom stereocenters. The first-order valence-corrected chi connectivity index (χ1v) is 5.68. The molecule has 0 aromatic heterocycles. The molecule has 0 radical (unpaired) electrons. The highest BCUT2D eigenvalue weighted by molar-refractivity contribution is 4.92. The van der Waals surface area contributed by atoms with Crippen LogP contribution in [0.1, 0.15) is 46.5 Å². The molecule has 0 N–H and O–H groups in total. The van der Waals surface area contributed by atoms with Crippen LogP contribution < -0.4 is 0 Å². The van der Waals surface area contributed by atoms with Gasteiger partial charge in [0.05, 0.1) is 0 Å². The standard InChI is InChI=1S/C12H22/c1-8(2)10-4-5-12-9(3)6-11(12)7-10/h8-12H,4-7H2,1-3H3. The van der Waals surface area contributed by atoms with E-state index in [9.17, 15) is 0 Å². The molecule has 0 spiro atoms. The second-order valence-corrected chi connectivity index (χ2v) is 5.45. The maximum atomic E-state index is 2.44. The lowest BCUT2D eigenvalue weighted by molar-refractivity contribution is 0.00643. The van der Waals surface area contributed by atoms with E-state index in [2.05, 4.69) is 20.8 Å². The van der Waals surface area contributed by atoms with Gasteiger partial charge in [-0.2, -0.15) is 0 Å². The zero-order chi connectivity index (χ0) is 8.72. The van der Waals surface area contributed by atoms with Gasteiger partial charge in [-0.25, -0.2) is 0 Å². The first kappa shape index (κ1) is 8.59. The van der Waals surface area contributed by atoms with E-state index in [4.69, 9.17) is 0 Å². The Morgan fingerprint density at radius 2 is 1.83 bits per heavy atom. The Labute approximate surface area is 76.7 Å². The first-order valence-electron chi connectivity index (χ1n) is 5.68. The molecule has 0 bridgehead atoms. The molecule has 0 aliphatic heterocycles. The van der Waals surface area contributed by atoms with Gasteiger partial charge in [-0.3, -0.25) is 0 Å². The third-order valence-corrected chi connectivity index (χ3v) is 4.43. The van der Waals surface area contributed by atoms with Gasteiger partial charge in [0.1, 0.15) is 0 Å². The number of rotatable bonds is 1. The third kappa shape index (κ3) is 1.30. The lowest BCUT2D eigenvalue weighted by Crippen LogP contribution is -2.40. The van der Waals surface area contributed by atoms with Crippen LogP contribution in [0.4, 0.5) is 0 Å². The van der Waals surface area contributed by atoms with E-state index in [0.717, 1.165) is 29.6 Å². The van der Waals surface area contributed by atoms with Crippen molar-refractivity contribution in [2.24, 2.45) is 29.6 Å². The van der Waals surface area contributed by atoms with Crippen LogP contribution in [0.2, 0.25) is 0 Å². The van der Waals surface area contributed by atoms with Gasteiger partial charge in [-0.15, -0.1) is 0 Å². The van der Waals surface area contributed by atoms with Crippen LogP contribution >= 0.6 is 0 Å². The quantitative estimate of drug-likeness (QED) is 0.557. The normalized spacial score (nSPS) is 47.0. The van der Waals surface area contributed by atoms with Gasteiger partial charge in [0.2, 0.25) is 0 Å². The minimum Gasteiger partial charge on any atom is -0.0625 e. The molecule has 0 heterocycles. The van der Waals surface area contributed by atoms with Crippen LogP contribution in [0.25, 0.3) is 0 Å². The van der Waals surface area contributed by atoms with Crippen LogP contribution in [0.5, 0.6) is 0 Å². The fraction of sp³-hybridized carbons (Fsp3) is 1.00. The van der Waals surface area contributed by atoms with Gasteiger partial charge in [-0.05, 0) is 55.3 Å². The van der Waals surface area contributed by atoms with Crippen molar-refractivity contribution in [3.05, 3.63) is 0 Å². The van der Waals surface area contributed by atoms with Gasteiger partial charge in [0.25, 0.3) is 0 Å². The molecule has 2 fully saturated rings. The summed E-state index contributed by atoms with van der Waals surface area (Å²) in [6.45, 7) is 7.23. The summed E-state index contributed by atoms with van der Waals surface area (Å²) in [5.41, 5.74) is 0. The van der Waals surface area contributed by atoms with Gasteiger partial charge in [0, 0.05) is 0 Å². The number of hydrogen-bond acceptors (Lipinski definition) is 0. The summed E-state index contributed by atoms with van der Waals surface area (Å²) < 4.78 is 0. The minimum absolute atomic E-state index is 0.932. The van der Waals surface area contributed by atoms with Gasteiger partial charge >= 0.3 is 0 Å². The molecular formula is C12H22. The Balaban J connectivity index is 1.88. The predicted octanol–water partition coefficient (Wildman–Crippen LogP) is 3.71. The molecule has 0 amide bonds. The molecule has 0 aromatic carbocycles. The van der Waals surface area contributed by atoms with E-state index < -0.39 is 0 Å². The van der Waals surface area contributed by atoms with Crippen LogP contribution in [-0.4, -0.2) is 0 Å². The molecule has 70 valence electrons. The molecule has 2 saturated carbocycles. The summed E-state index contributed by atoms with van der Waals surface area (Å²) in [7, 11) is 0. The van der Waals surface area contributed by atoms with Crippen molar-refractivity contribution in [3.8, 4) is 0 Å². The highest BCUT2D eigenvalue weighted by Gasteiger charge is 2.42. The van der Waals surface area contributed by atoms with Gasteiger partial charge in [-0.1, -0.05) is 20.8 Å². The average Bonchev–Trinajstić information content (AvgIpc) is 2.01. The van der Waals surface area contributed by atoms with E-state index in [-0.39, 0.29) is 0 Å². The lowest BCUT2D eigenvalue weighted by atomic mass is 9.56. The molecule has 0 saturated heterocycles. The van der Waals surface area contributed by atoms with Crippen molar-refractivity contribution < 1.29 is 0 Å². The monoisotopic (exact) mass is 166 g/mol. The summed E-state index contributed by atoms with van der Waals surface area (Å²) >= 11 is 0. The van der Waals surface area contributed by atoms with Crippen molar-refractivity contribution >= 4 is 0 Å². The van der Waals surface area contributed by atoms with Gasteiger partial charge < -0.3 is 0 Å². The van der Waals surface area contributed by atoms with Crippen molar-refractivity contribution in [3.63, 3.8) is 0 Å². The van der Waals surface area contributed by atoms with E-state index in [0.29, 0.717) is 0 Å². The molecule has 4 atom stereocenters. The largest absolute Gasteiger partial charge is 0.0625 e. The van der Waals surface area contributed by atoms with E-state index in [1.807, 2.05) is 0 Å². The minimum atomic E-state index is 0.932. The van der Waals surface area contributed by atoms with Gasteiger partial charge in [0.15, 0.2) is 0 Å². The number of fused-ring (bicyclic) bond motifs is 1. The summed E-state index contributed by atoms with van der Waals surface area (Å²) in [6.07, 6.45) is 6.14. The van der Waals surface area contributed by atoms with Crippen LogP contribution in [0.15, 0.2) is 0 Å². The maximum Gasteiger partial charge on any atom is -0.0360 e. The molecule has 2 aliphatic rings.